The van der Waals surface area contributed by atoms with Gasteiger partial charge in [-0.05, 0) is 115 Å². The van der Waals surface area contributed by atoms with Gasteiger partial charge in [-0.15, -0.1) is 0 Å². The number of aliphatic carboxylic acids is 1. The lowest BCUT2D eigenvalue weighted by Gasteiger charge is -2.29. The number of nitrogens with zero attached hydrogens (tertiary/aromatic N) is 2. The SMILES string of the molecule is CCC(=O)N1CCC[C@H]1C(=O)N[C@@H](CCCCN)C(=O)N[C@H](C(=O)N[C@@H](CC(N)=O)C(=O)N[C@@H](CCSC)C(=O)N[C@@H](CCCCN)C(=O)N[C@@H](Cc1cnc[nH]1)C(=O)N[C@@H](CCSC)C(=O)N[C@@H](C)C(=O)O)[C@@H](C)O. The van der Waals surface area contributed by atoms with Crippen molar-refractivity contribution in [3.05, 3.63) is 18.2 Å². The number of thioether (sulfide) groups is 2. The van der Waals surface area contributed by atoms with Gasteiger partial charge in [0.25, 0.3) is 0 Å². The maximum Gasteiger partial charge on any atom is 0.325 e. The van der Waals surface area contributed by atoms with Gasteiger partial charge in [0, 0.05) is 31.3 Å². The van der Waals surface area contributed by atoms with E-state index >= 15 is 0 Å². The van der Waals surface area contributed by atoms with Crippen LogP contribution in [0.4, 0.5) is 0 Å². The van der Waals surface area contributed by atoms with Crippen LogP contribution in [0.3, 0.4) is 0 Å². The van der Waals surface area contributed by atoms with E-state index in [-0.39, 0.29) is 63.3 Å². The number of hydrogen-bond acceptors (Lipinski definition) is 17. The van der Waals surface area contributed by atoms with Gasteiger partial charge >= 0.3 is 5.97 Å². The number of carboxylic acid groups (broad SMARTS) is 1. The number of aromatic nitrogens is 2. The average molecular weight is 1110 g/mol. The molecule has 0 bridgehead atoms. The second-order valence-electron chi connectivity index (χ2n) is 18.3. The largest absolute Gasteiger partial charge is 0.480 e. The van der Waals surface area contributed by atoms with Gasteiger partial charge in [-0.3, -0.25) is 52.7 Å². The van der Waals surface area contributed by atoms with Crippen molar-refractivity contribution < 1.29 is 63.0 Å². The van der Waals surface area contributed by atoms with Crippen molar-refractivity contribution in [2.24, 2.45) is 17.2 Å². The molecular weight excluding hydrogens is 1030 g/mol. The molecule has 27 nitrogen and oxygen atoms in total. The van der Waals surface area contributed by atoms with Gasteiger partial charge < -0.3 is 79.8 Å². The van der Waals surface area contributed by atoms with E-state index in [9.17, 15) is 63.0 Å². The Bertz CT molecular complexity index is 2090. The Hall–Kier alpha value is -6.04. The maximum absolute atomic E-state index is 14.2. The molecule has 0 saturated carbocycles. The molecule has 0 aliphatic carbocycles. The third-order valence-corrected chi connectivity index (χ3v) is 13.6. The van der Waals surface area contributed by atoms with E-state index in [1.807, 2.05) is 0 Å². The zero-order valence-corrected chi connectivity index (χ0v) is 45.6. The first-order valence-electron chi connectivity index (χ1n) is 25.4. The summed E-state index contributed by atoms with van der Waals surface area (Å²) >= 11 is 2.69. The summed E-state index contributed by atoms with van der Waals surface area (Å²) in [6.45, 7) is 5.01. The van der Waals surface area contributed by atoms with Gasteiger partial charge in [-0.25, -0.2) is 4.98 Å². The van der Waals surface area contributed by atoms with Crippen molar-refractivity contribution in [1.29, 1.82) is 0 Å². The Balaban J connectivity index is 2.39. The molecule has 1 aliphatic heterocycles. The van der Waals surface area contributed by atoms with Crippen molar-refractivity contribution in [3.8, 4) is 0 Å². The molecule has 2 rings (SSSR count). The second kappa shape index (κ2) is 35.3. The molecule has 29 heteroatoms. The van der Waals surface area contributed by atoms with Crippen molar-refractivity contribution >= 4 is 88.6 Å². The topological polar surface area (TPSA) is 434 Å². The highest BCUT2D eigenvalue weighted by Gasteiger charge is 2.38. The van der Waals surface area contributed by atoms with Crippen LogP contribution in [0.5, 0.6) is 0 Å². The zero-order valence-electron chi connectivity index (χ0n) is 44.0. The van der Waals surface area contributed by atoms with Gasteiger partial charge in [0.15, 0.2) is 0 Å². The third-order valence-electron chi connectivity index (χ3n) is 12.3. The first kappa shape index (κ1) is 66.1. The molecule has 0 spiro atoms. The summed E-state index contributed by atoms with van der Waals surface area (Å²) in [7, 11) is 0. The number of aliphatic hydroxyl groups excluding tert-OH is 1. The van der Waals surface area contributed by atoms with Crippen molar-refractivity contribution in [3.63, 3.8) is 0 Å². The molecule has 10 atom stereocenters. The Morgan fingerprint density at radius 2 is 1.16 bits per heavy atom. The molecule has 0 radical (unpaired) electrons. The fourth-order valence-corrected chi connectivity index (χ4v) is 8.91. The number of carboxylic acids is 1. The molecule has 76 heavy (non-hydrogen) atoms. The first-order chi connectivity index (χ1) is 36.1. The molecular formula is C47H80N14O13S2. The Morgan fingerprint density at radius 1 is 0.684 bits per heavy atom. The maximum atomic E-state index is 14.2. The number of primary amides is 1. The molecule has 10 amide bonds. The average Bonchev–Trinajstić information content (AvgIpc) is 4.09. The highest BCUT2D eigenvalue weighted by atomic mass is 32.2. The molecule has 0 aromatic carbocycles. The lowest BCUT2D eigenvalue weighted by atomic mass is 10.0. The quantitative estimate of drug-likeness (QED) is 0.0286. The number of carbonyl (C=O) groups is 11. The van der Waals surface area contributed by atoms with Gasteiger partial charge in [0.05, 0.1) is 18.9 Å². The van der Waals surface area contributed by atoms with Crippen LogP contribution in [0.1, 0.15) is 104 Å². The first-order valence-corrected chi connectivity index (χ1v) is 28.2. The third kappa shape index (κ3) is 23.1. The minimum Gasteiger partial charge on any atom is -0.480 e. The summed E-state index contributed by atoms with van der Waals surface area (Å²) in [6, 6.07) is -12.2. The lowest BCUT2D eigenvalue weighted by Crippen LogP contribution is -2.62. The van der Waals surface area contributed by atoms with Gasteiger partial charge in [-0.1, -0.05) is 6.92 Å². The summed E-state index contributed by atoms with van der Waals surface area (Å²) in [5.74, 6) is -8.81. The van der Waals surface area contributed by atoms with Crippen LogP contribution in [0.15, 0.2) is 12.5 Å². The van der Waals surface area contributed by atoms with Crippen LogP contribution < -0.4 is 59.7 Å². The van der Waals surface area contributed by atoms with Crippen molar-refractivity contribution in [2.75, 3.05) is 43.7 Å². The molecule has 1 aromatic rings. The predicted octanol–water partition coefficient (Wildman–Crippen LogP) is -3.64. The normalized spacial score (nSPS) is 16.7. The summed E-state index contributed by atoms with van der Waals surface area (Å²) in [5, 5.41) is 40.4. The van der Waals surface area contributed by atoms with Gasteiger partial charge in [0.1, 0.15) is 54.4 Å². The van der Waals surface area contributed by atoms with Crippen LogP contribution in [0.2, 0.25) is 0 Å². The number of H-pyrrole nitrogens is 1. The minimum atomic E-state index is -1.77. The van der Waals surface area contributed by atoms with E-state index in [1.54, 1.807) is 19.4 Å². The molecule has 1 aromatic heterocycles. The smallest absolute Gasteiger partial charge is 0.325 e. The number of carbonyl (C=O) groups excluding carboxylic acids is 10. The lowest BCUT2D eigenvalue weighted by molar-refractivity contribution is -0.141. The van der Waals surface area contributed by atoms with Crippen molar-refractivity contribution in [1.82, 2.24) is 57.4 Å². The standard InChI is InChI=1S/C47H80N14O13S2/c1-6-37(64)61-19-11-14-35(61)45(71)57-30(13-8-10-18-49)42(68)60-38(27(3)62)46(72)59-34(23-36(50)63)44(70)56-32(16-21-76-5)41(67)54-29(12-7-9-17-48)40(66)58-33(22-28-24-51-25-52-28)43(69)55-31(15-20-75-4)39(65)53-26(2)47(73)74/h24-27,29-35,38,62H,6-23,48-49H2,1-5H3,(H2,50,63)(H,51,52)(H,53,65)(H,54,67)(H,55,69)(H,56,70)(H,57,71)(H,58,66)(H,59,72)(H,60,68)(H,73,74)/t26-,27+,29-,30-,31-,32-,33-,34-,35-,38-/m0/s1. The number of aromatic amines is 1. The van der Waals surface area contributed by atoms with Crippen LogP contribution in [-0.2, 0) is 59.2 Å². The summed E-state index contributed by atoms with van der Waals surface area (Å²) < 4.78 is 0. The van der Waals surface area contributed by atoms with E-state index in [4.69, 9.17) is 17.2 Å². The second-order valence-corrected chi connectivity index (χ2v) is 20.3. The number of nitrogens with two attached hydrogens (primary N) is 3. The van der Waals surface area contributed by atoms with Crippen LogP contribution in [-0.4, -0.2) is 194 Å². The minimum absolute atomic E-state index is 0.00409. The number of rotatable bonds is 37. The molecule has 2 heterocycles. The number of imidazole rings is 1. The Kier molecular flexibility index (Phi) is 30.7. The molecule has 17 N–H and O–H groups in total. The van der Waals surface area contributed by atoms with Gasteiger partial charge in [-0.2, -0.15) is 23.5 Å². The fraction of sp³-hybridized carbons (Fsp3) is 0.702. The monoisotopic (exact) mass is 1110 g/mol. The van der Waals surface area contributed by atoms with Crippen LogP contribution in [0, 0.1) is 0 Å². The van der Waals surface area contributed by atoms with Crippen LogP contribution in [0.25, 0.3) is 0 Å². The van der Waals surface area contributed by atoms with E-state index in [2.05, 4.69) is 52.5 Å². The summed E-state index contributed by atoms with van der Waals surface area (Å²) in [4.78, 5) is 155. The van der Waals surface area contributed by atoms with Crippen molar-refractivity contribution in [2.45, 2.75) is 165 Å². The van der Waals surface area contributed by atoms with E-state index in [0.717, 1.165) is 0 Å². The summed E-state index contributed by atoms with van der Waals surface area (Å²) in [6.07, 6.45) is 6.62. The number of likely N-dealkylation sites (tertiary alicyclic amines) is 1. The number of aliphatic hydroxyl groups is 1. The highest BCUT2D eigenvalue weighted by molar-refractivity contribution is 7.98. The zero-order chi connectivity index (χ0) is 56.9. The number of nitrogens with one attached hydrogen (secondary N) is 9. The number of hydrogen-bond donors (Lipinski definition) is 14. The summed E-state index contributed by atoms with van der Waals surface area (Å²) in [5.41, 5.74) is 17.3. The predicted molar refractivity (Wildman–Crippen MR) is 283 cm³/mol. The number of amides is 10. The van der Waals surface area contributed by atoms with E-state index < -0.39 is 126 Å². The molecule has 1 saturated heterocycles. The molecule has 0 unspecified atom stereocenters. The molecule has 1 fully saturated rings. The Morgan fingerprint density at radius 3 is 1.63 bits per heavy atom. The Labute approximate surface area is 451 Å². The van der Waals surface area contributed by atoms with Crippen LogP contribution >= 0.6 is 23.5 Å². The molecule has 428 valence electrons. The fourth-order valence-electron chi connectivity index (χ4n) is 7.96. The number of unbranched alkanes of at least 4 members (excludes halogenated alkanes) is 2. The van der Waals surface area contributed by atoms with E-state index in [1.165, 1.54) is 54.8 Å². The van der Waals surface area contributed by atoms with Gasteiger partial charge in [0.2, 0.25) is 59.1 Å². The molecule has 1 aliphatic rings. The van der Waals surface area contributed by atoms with E-state index in [0.29, 0.717) is 56.5 Å². The highest BCUT2D eigenvalue weighted by Crippen LogP contribution is 2.19.